The summed E-state index contributed by atoms with van der Waals surface area (Å²) in [5.74, 6) is 0.773. The minimum atomic E-state index is -0.00905. The molecule has 0 radical (unpaired) electrons. The molecule has 1 aromatic carbocycles. The second-order valence-corrected chi connectivity index (χ2v) is 8.96. The number of hydrogen-bond donors (Lipinski definition) is 1. The number of amides is 1. The molecule has 146 valence electrons. The van der Waals surface area contributed by atoms with Crippen molar-refractivity contribution in [1.82, 2.24) is 10.3 Å². The molecule has 4 nitrogen and oxygen atoms in total. The van der Waals surface area contributed by atoms with Crippen molar-refractivity contribution in [3.63, 3.8) is 0 Å². The third-order valence-electron chi connectivity index (χ3n) is 4.69. The summed E-state index contributed by atoms with van der Waals surface area (Å²) in [4.78, 5) is 18.1. The first kappa shape index (κ1) is 20.4. The standard InChI is InChI=1S/C21H28N2O2S2/c1-16-23-17(14-26-16)15-27-20-11-6-5-10-19(20)21(24)22-12-7-13-25-18-8-3-2-4-9-18/h5-6,10-11,14,18H,2-4,7-9,12-13,15H2,1H3,(H,22,24). The number of ether oxygens (including phenoxy) is 1. The van der Waals surface area contributed by atoms with Crippen molar-refractivity contribution in [1.29, 1.82) is 0 Å². The molecule has 2 aromatic rings. The topological polar surface area (TPSA) is 51.2 Å². The van der Waals surface area contributed by atoms with Crippen LogP contribution in [0.3, 0.4) is 0 Å². The summed E-state index contributed by atoms with van der Waals surface area (Å²) in [6.45, 7) is 3.39. The van der Waals surface area contributed by atoms with E-state index in [4.69, 9.17) is 4.74 Å². The molecule has 1 aromatic heterocycles. The Morgan fingerprint density at radius 3 is 2.89 bits per heavy atom. The fourth-order valence-electron chi connectivity index (χ4n) is 3.26. The molecule has 27 heavy (non-hydrogen) atoms. The van der Waals surface area contributed by atoms with Gasteiger partial charge in [-0.2, -0.15) is 0 Å². The van der Waals surface area contributed by atoms with E-state index in [2.05, 4.69) is 15.7 Å². The predicted molar refractivity (Wildman–Crippen MR) is 113 cm³/mol. The van der Waals surface area contributed by atoms with Crippen molar-refractivity contribution in [3.8, 4) is 0 Å². The Balaban J connectivity index is 1.42. The number of hydrogen-bond acceptors (Lipinski definition) is 5. The maximum atomic E-state index is 12.6. The molecule has 1 heterocycles. The Morgan fingerprint density at radius 1 is 1.30 bits per heavy atom. The van der Waals surface area contributed by atoms with Crippen LogP contribution in [0.15, 0.2) is 34.5 Å². The molecule has 0 atom stereocenters. The number of benzene rings is 1. The number of thiazole rings is 1. The summed E-state index contributed by atoms with van der Waals surface area (Å²) in [6.07, 6.45) is 7.59. The highest BCUT2D eigenvalue weighted by Crippen LogP contribution is 2.27. The zero-order chi connectivity index (χ0) is 18.9. The van der Waals surface area contributed by atoms with Crippen LogP contribution in [0.2, 0.25) is 0 Å². The van der Waals surface area contributed by atoms with E-state index in [1.807, 2.05) is 31.2 Å². The summed E-state index contributed by atoms with van der Waals surface area (Å²) in [6, 6.07) is 7.79. The van der Waals surface area contributed by atoms with Crippen molar-refractivity contribution < 1.29 is 9.53 Å². The summed E-state index contributed by atoms with van der Waals surface area (Å²) < 4.78 is 5.92. The molecule has 0 spiro atoms. The monoisotopic (exact) mass is 404 g/mol. The fraction of sp³-hybridized carbons (Fsp3) is 0.524. The van der Waals surface area contributed by atoms with Crippen LogP contribution in [0.25, 0.3) is 0 Å². The van der Waals surface area contributed by atoms with Gasteiger partial charge in [-0.05, 0) is 38.3 Å². The van der Waals surface area contributed by atoms with E-state index in [1.165, 1.54) is 32.1 Å². The van der Waals surface area contributed by atoms with Gasteiger partial charge in [-0.3, -0.25) is 4.79 Å². The lowest BCUT2D eigenvalue weighted by Crippen LogP contribution is -2.26. The van der Waals surface area contributed by atoms with E-state index in [0.717, 1.165) is 39.9 Å². The molecule has 0 bridgehead atoms. The summed E-state index contributed by atoms with van der Waals surface area (Å²) >= 11 is 3.32. The Morgan fingerprint density at radius 2 is 2.11 bits per heavy atom. The van der Waals surface area contributed by atoms with Gasteiger partial charge in [0.2, 0.25) is 0 Å². The summed E-state index contributed by atoms with van der Waals surface area (Å²) in [5, 5.41) is 6.19. The van der Waals surface area contributed by atoms with Gasteiger partial charge in [0.15, 0.2) is 0 Å². The van der Waals surface area contributed by atoms with Gasteiger partial charge in [0, 0.05) is 29.2 Å². The van der Waals surface area contributed by atoms with Gasteiger partial charge in [0.25, 0.3) is 5.91 Å². The summed E-state index contributed by atoms with van der Waals surface area (Å²) in [5.41, 5.74) is 1.81. The lowest BCUT2D eigenvalue weighted by Gasteiger charge is -2.21. The normalized spacial score (nSPS) is 15.0. The number of thioether (sulfide) groups is 1. The fourth-order valence-corrected chi connectivity index (χ4v) is 4.92. The number of aromatic nitrogens is 1. The number of rotatable bonds is 9. The van der Waals surface area contributed by atoms with Crippen LogP contribution in [0.4, 0.5) is 0 Å². The van der Waals surface area contributed by atoms with E-state index in [9.17, 15) is 4.79 Å². The first-order valence-electron chi connectivity index (χ1n) is 9.75. The highest BCUT2D eigenvalue weighted by molar-refractivity contribution is 7.98. The van der Waals surface area contributed by atoms with Gasteiger partial charge in [-0.1, -0.05) is 31.4 Å². The smallest absolute Gasteiger partial charge is 0.252 e. The van der Waals surface area contributed by atoms with Crippen LogP contribution in [0, 0.1) is 6.92 Å². The molecule has 1 aliphatic carbocycles. The maximum absolute atomic E-state index is 12.6. The van der Waals surface area contributed by atoms with Gasteiger partial charge in [0.05, 0.1) is 22.4 Å². The Labute approximate surface area is 170 Å². The number of carbonyl (C=O) groups excluding carboxylic acids is 1. The van der Waals surface area contributed by atoms with E-state index >= 15 is 0 Å². The number of carbonyl (C=O) groups is 1. The molecule has 1 amide bonds. The van der Waals surface area contributed by atoms with Crippen LogP contribution in [0.1, 0.15) is 59.6 Å². The summed E-state index contributed by atoms with van der Waals surface area (Å²) in [7, 11) is 0. The lowest BCUT2D eigenvalue weighted by atomic mass is 9.98. The van der Waals surface area contributed by atoms with E-state index in [1.54, 1.807) is 23.1 Å². The number of nitrogens with zero attached hydrogens (tertiary/aromatic N) is 1. The SMILES string of the molecule is Cc1nc(CSc2ccccc2C(=O)NCCCOC2CCCCC2)cs1. The average Bonchev–Trinajstić information content (AvgIpc) is 3.12. The van der Waals surface area contributed by atoms with E-state index in [-0.39, 0.29) is 5.91 Å². The second kappa shape index (κ2) is 10.8. The second-order valence-electron chi connectivity index (χ2n) is 6.88. The van der Waals surface area contributed by atoms with E-state index < -0.39 is 0 Å². The van der Waals surface area contributed by atoms with Crippen molar-refractivity contribution in [2.75, 3.05) is 13.2 Å². The van der Waals surface area contributed by atoms with Crippen LogP contribution in [-0.2, 0) is 10.5 Å². The quantitative estimate of drug-likeness (QED) is 0.460. The molecule has 1 fully saturated rings. The van der Waals surface area contributed by atoms with Crippen molar-refractivity contribution in [3.05, 3.63) is 45.9 Å². The lowest BCUT2D eigenvalue weighted by molar-refractivity contribution is 0.0273. The highest BCUT2D eigenvalue weighted by Gasteiger charge is 2.14. The minimum Gasteiger partial charge on any atom is -0.378 e. The molecule has 1 aliphatic rings. The van der Waals surface area contributed by atoms with E-state index in [0.29, 0.717) is 12.6 Å². The molecule has 0 saturated heterocycles. The minimum absolute atomic E-state index is 0.00905. The molecule has 1 N–H and O–H groups in total. The van der Waals surface area contributed by atoms with Gasteiger partial charge in [0.1, 0.15) is 0 Å². The first-order valence-corrected chi connectivity index (χ1v) is 11.6. The van der Waals surface area contributed by atoms with Crippen molar-refractivity contribution in [2.45, 2.75) is 62.2 Å². The Hall–Kier alpha value is -1.37. The van der Waals surface area contributed by atoms with Gasteiger partial charge >= 0.3 is 0 Å². The van der Waals surface area contributed by atoms with Gasteiger partial charge in [-0.25, -0.2) is 4.98 Å². The average molecular weight is 405 g/mol. The molecule has 1 saturated carbocycles. The zero-order valence-electron chi connectivity index (χ0n) is 15.9. The van der Waals surface area contributed by atoms with Crippen molar-refractivity contribution >= 4 is 29.0 Å². The molecule has 3 rings (SSSR count). The molecule has 0 aliphatic heterocycles. The number of nitrogens with one attached hydrogen (secondary N) is 1. The third-order valence-corrected chi connectivity index (χ3v) is 6.62. The predicted octanol–water partition coefficient (Wildman–Crippen LogP) is 5.21. The Kier molecular flexibility index (Phi) is 8.17. The number of aryl methyl sites for hydroxylation is 1. The molecule has 0 unspecified atom stereocenters. The maximum Gasteiger partial charge on any atom is 0.252 e. The van der Waals surface area contributed by atoms with Crippen LogP contribution >= 0.6 is 23.1 Å². The highest BCUT2D eigenvalue weighted by atomic mass is 32.2. The first-order chi connectivity index (χ1) is 13.2. The zero-order valence-corrected chi connectivity index (χ0v) is 17.5. The van der Waals surface area contributed by atoms with Crippen LogP contribution < -0.4 is 5.32 Å². The van der Waals surface area contributed by atoms with Crippen molar-refractivity contribution in [2.24, 2.45) is 0 Å². The van der Waals surface area contributed by atoms with Gasteiger partial charge in [-0.15, -0.1) is 23.1 Å². The molecule has 6 heteroatoms. The Bertz CT molecular complexity index is 726. The largest absolute Gasteiger partial charge is 0.378 e. The van der Waals surface area contributed by atoms with Crippen LogP contribution in [0.5, 0.6) is 0 Å². The molecular weight excluding hydrogens is 376 g/mol. The third kappa shape index (κ3) is 6.63. The molecular formula is C21H28N2O2S2. The van der Waals surface area contributed by atoms with Gasteiger partial charge < -0.3 is 10.1 Å². The van der Waals surface area contributed by atoms with Crippen LogP contribution in [-0.4, -0.2) is 30.1 Å².